The van der Waals surface area contributed by atoms with Gasteiger partial charge < -0.3 is 5.32 Å². The van der Waals surface area contributed by atoms with Crippen molar-refractivity contribution >= 4 is 11.7 Å². The lowest BCUT2D eigenvalue weighted by atomic mass is 10.1. The molecule has 2 N–H and O–H groups in total. The second-order valence-electron chi connectivity index (χ2n) is 6.30. The van der Waals surface area contributed by atoms with E-state index in [1.807, 2.05) is 24.3 Å². The van der Waals surface area contributed by atoms with Crippen molar-refractivity contribution < 1.29 is 4.79 Å². The highest BCUT2D eigenvalue weighted by atomic mass is 16.1. The number of H-pyrrole nitrogens is 1. The zero-order valence-electron chi connectivity index (χ0n) is 14.1. The van der Waals surface area contributed by atoms with Gasteiger partial charge in [-0.2, -0.15) is 10.4 Å². The van der Waals surface area contributed by atoms with Crippen LogP contribution in [0.1, 0.15) is 32.7 Å². The number of nitrogens with one attached hydrogen (secondary N) is 2. The number of aromatic nitrogens is 2. The Morgan fingerprint density at radius 2 is 2.04 bits per heavy atom. The van der Waals surface area contributed by atoms with E-state index in [4.69, 9.17) is 5.26 Å². The SMILES string of the molecule is N#Cc1cccc(C(=O)Nc2[nH]nc3c2CN(Cc2ccccc2)C3)c1. The predicted octanol–water partition coefficient (Wildman–Crippen LogP) is 3.05. The van der Waals surface area contributed by atoms with Gasteiger partial charge in [0.15, 0.2) is 0 Å². The average Bonchev–Trinajstić information content (AvgIpc) is 3.24. The summed E-state index contributed by atoms with van der Waals surface area (Å²) in [6.45, 7) is 2.32. The first-order valence-corrected chi connectivity index (χ1v) is 8.37. The highest BCUT2D eigenvalue weighted by molar-refractivity contribution is 6.04. The molecule has 128 valence electrons. The van der Waals surface area contributed by atoms with Crippen LogP contribution in [0.3, 0.4) is 0 Å². The lowest BCUT2D eigenvalue weighted by Crippen LogP contribution is -2.18. The minimum Gasteiger partial charge on any atom is -0.307 e. The zero-order valence-corrected chi connectivity index (χ0v) is 14.1. The molecule has 6 heteroatoms. The van der Waals surface area contributed by atoms with Crippen LogP contribution in [0.15, 0.2) is 54.6 Å². The maximum Gasteiger partial charge on any atom is 0.256 e. The molecule has 0 saturated heterocycles. The van der Waals surface area contributed by atoms with E-state index in [9.17, 15) is 4.79 Å². The molecule has 2 aromatic carbocycles. The molecule has 0 unspecified atom stereocenters. The normalized spacial score (nSPS) is 13.2. The number of carbonyl (C=O) groups is 1. The number of hydrogen-bond acceptors (Lipinski definition) is 4. The number of nitriles is 1. The Morgan fingerprint density at radius 3 is 2.85 bits per heavy atom. The molecule has 1 amide bonds. The summed E-state index contributed by atoms with van der Waals surface area (Å²) in [7, 11) is 0. The molecule has 4 rings (SSSR count). The molecule has 0 atom stereocenters. The molecule has 0 fully saturated rings. The molecule has 6 nitrogen and oxygen atoms in total. The van der Waals surface area contributed by atoms with Crippen LogP contribution in [-0.2, 0) is 19.6 Å². The molecular weight excluding hydrogens is 326 g/mol. The third kappa shape index (κ3) is 3.21. The van der Waals surface area contributed by atoms with Gasteiger partial charge in [0, 0.05) is 30.8 Å². The van der Waals surface area contributed by atoms with Gasteiger partial charge in [-0.25, -0.2) is 0 Å². The lowest BCUT2D eigenvalue weighted by molar-refractivity contribution is 0.102. The Hall–Kier alpha value is -3.43. The topological polar surface area (TPSA) is 84.8 Å². The van der Waals surface area contributed by atoms with E-state index in [0.717, 1.165) is 30.9 Å². The van der Waals surface area contributed by atoms with Crippen molar-refractivity contribution in [3.8, 4) is 6.07 Å². The fraction of sp³-hybridized carbons (Fsp3) is 0.150. The summed E-state index contributed by atoms with van der Waals surface area (Å²) in [6, 6.07) is 19.0. The molecule has 1 aliphatic rings. The number of nitrogens with zero attached hydrogens (tertiary/aromatic N) is 3. The Labute approximate surface area is 151 Å². The number of carbonyl (C=O) groups excluding carboxylic acids is 1. The van der Waals surface area contributed by atoms with Crippen LogP contribution in [-0.4, -0.2) is 21.0 Å². The summed E-state index contributed by atoms with van der Waals surface area (Å²) < 4.78 is 0. The highest BCUT2D eigenvalue weighted by Gasteiger charge is 2.26. The van der Waals surface area contributed by atoms with Crippen LogP contribution in [0.25, 0.3) is 0 Å². The van der Waals surface area contributed by atoms with Crippen molar-refractivity contribution in [2.24, 2.45) is 0 Å². The molecular formula is C20H17N5O. The molecule has 1 aromatic heterocycles. The molecule has 3 aromatic rings. The van der Waals surface area contributed by atoms with Crippen molar-refractivity contribution in [1.82, 2.24) is 15.1 Å². The van der Waals surface area contributed by atoms with Gasteiger partial charge in [0.25, 0.3) is 5.91 Å². The molecule has 0 bridgehead atoms. The number of benzene rings is 2. The van der Waals surface area contributed by atoms with E-state index in [1.54, 1.807) is 24.3 Å². The van der Waals surface area contributed by atoms with Crippen molar-refractivity contribution in [1.29, 1.82) is 5.26 Å². The van der Waals surface area contributed by atoms with Crippen LogP contribution in [0, 0.1) is 11.3 Å². The molecule has 0 radical (unpaired) electrons. The van der Waals surface area contributed by atoms with E-state index in [2.05, 4.69) is 32.5 Å². The van der Waals surface area contributed by atoms with Crippen LogP contribution < -0.4 is 5.32 Å². The van der Waals surface area contributed by atoms with Gasteiger partial charge in [0.1, 0.15) is 5.82 Å². The van der Waals surface area contributed by atoms with Gasteiger partial charge in [0.2, 0.25) is 0 Å². The standard InChI is InChI=1S/C20H17N5O/c21-10-15-7-4-8-16(9-15)20(26)22-19-17-12-25(13-18(17)23-24-19)11-14-5-2-1-3-6-14/h1-9H,11-13H2,(H2,22,23,24,26). The quantitative estimate of drug-likeness (QED) is 0.762. The van der Waals surface area contributed by atoms with E-state index in [-0.39, 0.29) is 5.91 Å². The van der Waals surface area contributed by atoms with Crippen molar-refractivity contribution in [3.63, 3.8) is 0 Å². The first kappa shape index (κ1) is 16.1. The minimum atomic E-state index is -0.255. The van der Waals surface area contributed by atoms with E-state index in [1.165, 1.54) is 5.56 Å². The van der Waals surface area contributed by atoms with Gasteiger partial charge in [-0.1, -0.05) is 36.4 Å². The number of hydrogen-bond donors (Lipinski definition) is 2. The van der Waals surface area contributed by atoms with Crippen molar-refractivity contribution in [2.75, 3.05) is 5.32 Å². The zero-order chi connectivity index (χ0) is 17.9. The summed E-state index contributed by atoms with van der Waals surface area (Å²) in [5.74, 6) is 0.373. The van der Waals surface area contributed by atoms with E-state index >= 15 is 0 Å². The lowest BCUT2D eigenvalue weighted by Gasteiger charge is -2.15. The molecule has 0 spiro atoms. The summed E-state index contributed by atoms with van der Waals surface area (Å²) in [6.07, 6.45) is 0. The predicted molar refractivity (Wildman–Crippen MR) is 97.1 cm³/mol. The summed E-state index contributed by atoms with van der Waals surface area (Å²) in [5.41, 5.74) is 4.14. The third-order valence-electron chi connectivity index (χ3n) is 4.45. The van der Waals surface area contributed by atoms with Gasteiger partial charge in [-0.3, -0.25) is 14.8 Å². The Kier molecular flexibility index (Phi) is 4.22. The van der Waals surface area contributed by atoms with Crippen LogP contribution in [0.4, 0.5) is 5.82 Å². The van der Waals surface area contributed by atoms with E-state index in [0.29, 0.717) is 16.9 Å². The number of rotatable bonds is 4. The Morgan fingerprint density at radius 1 is 1.19 bits per heavy atom. The largest absolute Gasteiger partial charge is 0.307 e. The number of fused-ring (bicyclic) bond motifs is 1. The van der Waals surface area contributed by atoms with Gasteiger partial charge in [-0.15, -0.1) is 0 Å². The van der Waals surface area contributed by atoms with Gasteiger partial charge in [-0.05, 0) is 23.8 Å². The van der Waals surface area contributed by atoms with Gasteiger partial charge >= 0.3 is 0 Å². The Bertz CT molecular complexity index is 987. The van der Waals surface area contributed by atoms with Crippen molar-refractivity contribution in [2.45, 2.75) is 19.6 Å². The van der Waals surface area contributed by atoms with Crippen LogP contribution in [0.2, 0.25) is 0 Å². The van der Waals surface area contributed by atoms with Crippen LogP contribution >= 0.6 is 0 Å². The molecule has 26 heavy (non-hydrogen) atoms. The number of amides is 1. The van der Waals surface area contributed by atoms with Crippen molar-refractivity contribution in [3.05, 3.63) is 82.5 Å². The number of aromatic amines is 1. The number of anilines is 1. The maximum absolute atomic E-state index is 12.5. The fourth-order valence-electron chi connectivity index (χ4n) is 3.17. The Balaban J connectivity index is 1.46. The first-order chi connectivity index (χ1) is 12.7. The smallest absolute Gasteiger partial charge is 0.256 e. The molecule has 0 saturated carbocycles. The maximum atomic E-state index is 12.5. The van der Waals surface area contributed by atoms with E-state index < -0.39 is 0 Å². The fourth-order valence-corrected chi connectivity index (χ4v) is 3.17. The highest BCUT2D eigenvalue weighted by Crippen LogP contribution is 2.28. The summed E-state index contributed by atoms with van der Waals surface area (Å²) >= 11 is 0. The summed E-state index contributed by atoms with van der Waals surface area (Å²) in [5, 5.41) is 19.1. The molecule has 0 aliphatic carbocycles. The molecule has 2 heterocycles. The monoisotopic (exact) mass is 343 g/mol. The first-order valence-electron chi connectivity index (χ1n) is 8.37. The second kappa shape index (κ2) is 6.82. The second-order valence-corrected chi connectivity index (χ2v) is 6.30. The third-order valence-corrected chi connectivity index (χ3v) is 4.45. The molecule has 1 aliphatic heterocycles. The summed E-state index contributed by atoms with van der Waals surface area (Å²) in [4.78, 5) is 14.8. The minimum absolute atomic E-state index is 0.255. The van der Waals surface area contributed by atoms with Crippen LogP contribution in [0.5, 0.6) is 0 Å². The van der Waals surface area contributed by atoms with Gasteiger partial charge in [0.05, 0.1) is 17.3 Å². The average molecular weight is 343 g/mol.